The van der Waals surface area contributed by atoms with Crippen LogP contribution in [0.1, 0.15) is 24.6 Å². The van der Waals surface area contributed by atoms with Crippen LogP contribution < -0.4 is 5.32 Å². The molecular formula is C18H21FN6O. The van der Waals surface area contributed by atoms with E-state index in [0.717, 1.165) is 11.2 Å². The number of imidazole rings is 2. The maximum absolute atomic E-state index is 14.1. The number of nitrogens with zero attached hydrogens (tertiary/aromatic N) is 5. The second-order valence-corrected chi connectivity index (χ2v) is 6.77. The summed E-state index contributed by atoms with van der Waals surface area (Å²) in [5, 5.41) is 3.43. The number of hydrogen-bond donors (Lipinski definition) is 1. The number of halogens is 1. The molecule has 136 valence electrons. The minimum Gasteiger partial charge on any atom is -0.350 e. The molecule has 0 aliphatic carbocycles. The van der Waals surface area contributed by atoms with Gasteiger partial charge in [0.15, 0.2) is 5.82 Å². The standard InChI is InChI=1S/C18H21FN6O/c1-23-10-20-9-14(23)17-12(7-8-15(26)25(17)3)21-18-22-16-11(19)5-4-6-13(16)24(18)2/h4-6,9-10,12,17H,7-8H2,1-3H3,(H,21,22)/t12-,17-/m1/s1. The number of hydrogen-bond acceptors (Lipinski definition) is 4. The molecule has 3 heterocycles. The summed E-state index contributed by atoms with van der Waals surface area (Å²) in [5.74, 6) is 0.348. The highest BCUT2D eigenvalue weighted by Gasteiger charge is 2.37. The number of amides is 1. The fourth-order valence-electron chi connectivity index (χ4n) is 3.72. The third kappa shape index (κ3) is 2.53. The average Bonchev–Trinajstić information content (AvgIpc) is 3.17. The van der Waals surface area contributed by atoms with Gasteiger partial charge in [-0.25, -0.2) is 14.4 Å². The van der Waals surface area contributed by atoms with E-state index >= 15 is 0 Å². The number of carbonyl (C=O) groups excluding carboxylic acids is 1. The lowest BCUT2D eigenvalue weighted by Gasteiger charge is -2.39. The lowest BCUT2D eigenvalue weighted by atomic mass is 9.94. The summed E-state index contributed by atoms with van der Waals surface area (Å²) in [4.78, 5) is 22.6. The van der Waals surface area contributed by atoms with Crippen molar-refractivity contribution >= 4 is 22.9 Å². The molecule has 0 spiro atoms. The van der Waals surface area contributed by atoms with E-state index in [4.69, 9.17) is 0 Å². The minimum atomic E-state index is -0.342. The fraction of sp³-hybridized carbons (Fsp3) is 0.389. The lowest BCUT2D eigenvalue weighted by Crippen LogP contribution is -2.47. The zero-order valence-electron chi connectivity index (χ0n) is 15.0. The molecule has 1 aliphatic heterocycles. The number of carbonyl (C=O) groups is 1. The van der Waals surface area contributed by atoms with Crippen molar-refractivity contribution in [2.45, 2.75) is 24.9 Å². The molecule has 1 N–H and O–H groups in total. The van der Waals surface area contributed by atoms with Gasteiger partial charge in [-0.1, -0.05) is 6.07 Å². The molecule has 1 aliphatic rings. The Balaban J connectivity index is 1.72. The predicted octanol–water partition coefficient (Wildman–Crippen LogP) is 2.22. The normalized spacial score (nSPS) is 20.8. The number of likely N-dealkylation sites (tertiary alicyclic amines) is 1. The Morgan fingerprint density at radius 2 is 2.08 bits per heavy atom. The number of aromatic nitrogens is 4. The zero-order chi connectivity index (χ0) is 18.4. The molecule has 4 rings (SSSR count). The average molecular weight is 356 g/mol. The summed E-state index contributed by atoms with van der Waals surface area (Å²) in [5.41, 5.74) is 2.02. The Hall–Kier alpha value is -2.90. The Bertz CT molecular complexity index is 977. The SMILES string of the molecule is CN1C(=O)CC[C@@H](Nc2nc3c(F)cccc3n2C)[C@@H]1c1cncn1C. The zero-order valence-corrected chi connectivity index (χ0v) is 15.0. The molecular weight excluding hydrogens is 335 g/mol. The second kappa shape index (κ2) is 6.12. The Labute approximate surface area is 150 Å². The van der Waals surface area contributed by atoms with Crippen molar-refractivity contribution in [3.05, 3.63) is 42.2 Å². The van der Waals surface area contributed by atoms with Crippen molar-refractivity contribution in [1.29, 1.82) is 0 Å². The van der Waals surface area contributed by atoms with Gasteiger partial charge in [0, 0.05) is 27.6 Å². The summed E-state index contributed by atoms with van der Waals surface area (Å²) < 4.78 is 17.8. The van der Waals surface area contributed by atoms with Gasteiger partial charge in [0.05, 0.1) is 35.8 Å². The summed E-state index contributed by atoms with van der Waals surface area (Å²) >= 11 is 0. The quantitative estimate of drug-likeness (QED) is 0.781. The molecule has 0 saturated carbocycles. The van der Waals surface area contributed by atoms with E-state index in [-0.39, 0.29) is 23.8 Å². The van der Waals surface area contributed by atoms with Crippen LogP contribution in [0.4, 0.5) is 10.3 Å². The van der Waals surface area contributed by atoms with Gasteiger partial charge in [-0.2, -0.15) is 0 Å². The summed E-state index contributed by atoms with van der Waals surface area (Å²) in [6, 6.07) is 4.70. The van der Waals surface area contributed by atoms with Crippen molar-refractivity contribution in [3.8, 4) is 0 Å². The van der Waals surface area contributed by atoms with Gasteiger partial charge in [0.25, 0.3) is 0 Å². The van der Waals surface area contributed by atoms with Crippen LogP contribution in [0.15, 0.2) is 30.7 Å². The maximum Gasteiger partial charge on any atom is 0.223 e. The molecule has 0 radical (unpaired) electrons. The van der Waals surface area contributed by atoms with Crippen molar-refractivity contribution in [2.75, 3.05) is 12.4 Å². The van der Waals surface area contributed by atoms with Gasteiger partial charge in [-0.15, -0.1) is 0 Å². The van der Waals surface area contributed by atoms with Crippen molar-refractivity contribution in [3.63, 3.8) is 0 Å². The number of benzene rings is 1. The van der Waals surface area contributed by atoms with Crippen LogP contribution in [0.25, 0.3) is 11.0 Å². The number of piperidine rings is 1. The first-order valence-corrected chi connectivity index (χ1v) is 8.56. The van der Waals surface area contributed by atoms with E-state index in [1.165, 1.54) is 6.07 Å². The number of para-hydroxylation sites is 1. The molecule has 1 amide bonds. The predicted molar refractivity (Wildman–Crippen MR) is 96.0 cm³/mol. The molecule has 3 aromatic rings. The van der Waals surface area contributed by atoms with Crippen LogP contribution in [0, 0.1) is 5.82 Å². The lowest BCUT2D eigenvalue weighted by molar-refractivity contribution is -0.135. The van der Waals surface area contributed by atoms with Crippen LogP contribution in [0.2, 0.25) is 0 Å². The van der Waals surface area contributed by atoms with E-state index in [0.29, 0.717) is 24.3 Å². The van der Waals surface area contributed by atoms with Gasteiger partial charge < -0.3 is 19.4 Å². The fourth-order valence-corrected chi connectivity index (χ4v) is 3.72. The van der Waals surface area contributed by atoms with Crippen LogP contribution in [-0.4, -0.2) is 43.0 Å². The summed E-state index contributed by atoms with van der Waals surface area (Å²) in [6.45, 7) is 0. The van der Waals surface area contributed by atoms with Gasteiger partial charge >= 0.3 is 0 Å². The van der Waals surface area contributed by atoms with Gasteiger partial charge in [0.2, 0.25) is 11.9 Å². The summed E-state index contributed by atoms with van der Waals surface area (Å²) in [7, 11) is 5.58. The van der Waals surface area contributed by atoms with Crippen LogP contribution in [0.5, 0.6) is 0 Å². The second-order valence-electron chi connectivity index (χ2n) is 6.77. The van der Waals surface area contributed by atoms with Crippen molar-refractivity contribution < 1.29 is 9.18 Å². The van der Waals surface area contributed by atoms with E-state index < -0.39 is 0 Å². The van der Waals surface area contributed by atoms with E-state index in [9.17, 15) is 9.18 Å². The van der Waals surface area contributed by atoms with Crippen LogP contribution in [-0.2, 0) is 18.9 Å². The summed E-state index contributed by atoms with van der Waals surface area (Å²) in [6.07, 6.45) is 4.64. The van der Waals surface area contributed by atoms with Gasteiger partial charge in [-0.05, 0) is 18.6 Å². The number of anilines is 1. The molecule has 8 heteroatoms. The first kappa shape index (κ1) is 16.6. The van der Waals surface area contributed by atoms with Crippen LogP contribution in [0.3, 0.4) is 0 Å². The van der Waals surface area contributed by atoms with Gasteiger partial charge in [0.1, 0.15) is 5.52 Å². The topological polar surface area (TPSA) is 68.0 Å². The monoisotopic (exact) mass is 356 g/mol. The number of nitrogens with one attached hydrogen (secondary N) is 1. The number of fused-ring (bicyclic) bond motifs is 1. The first-order valence-electron chi connectivity index (χ1n) is 8.56. The van der Waals surface area contributed by atoms with Crippen LogP contribution >= 0.6 is 0 Å². The van der Waals surface area contributed by atoms with E-state index in [1.54, 1.807) is 23.5 Å². The molecule has 0 unspecified atom stereocenters. The largest absolute Gasteiger partial charge is 0.350 e. The molecule has 2 aromatic heterocycles. The number of aryl methyl sites for hydroxylation is 2. The van der Waals surface area contributed by atoms with E-state index in [2.05, 4.69) is 15.3 Å². The number of rotatable bonds is 3. The first-order chi connectivity index (χ1) is 12.5. The Morgan fingerprint density at radius 3 is 2.77 bits per heavy atom. The molecule has 1 aromatic carbocycles. The molecule has 0 bridgehead atoms. The highest BCUT2D eigenvalue weighted by molar-refractivity contribution is 5.80. The molecule has 26 heavy (non-hydrogen) atoms. The third-order valence-corrected chi connectivity index (χ3v) is 5.19. The van der Waals surface area contributed by atoms with Crippen molar-refractivity contribution in [2.24, 2.45) is 14.1 Å². The molecule has 2 atom stereocenters. The molecule has 7 nitrogen and oxygen atoms in total. The van der Waals surface area contributed by atoms with Crippen molar-refractivity contribution in [1.82, 2.24) is 24.0 Å². The van der Waals surface area contributed by atoms with Gasteiger partial charge in [-0.3, -0.25) is 4.79 Å². The maximum atomic E-state index is 14.1. The Morgan fingerprint density at radius 1 is 1.27 bits per heavy atom. The highest BCUT2D eigenvalue weighted by atomic mass is 19.1. The Kier molecular flexibility index (Phi) is 3.90. The third-order valence-electron chi connectivity index (χ3n) is 5.19. The molecule has 1 saturated heterocycles. The molecule has 1 fully saturated rings. The number of likely N-dealkylation sites (N-methyl/N-ethyl adjacent to an activating group) is 1. The van der Waals surface area contributed by atoms with E-state index in [1.807, 2.05) is 36.3 Å². The highest BCUT2D eigenvalue weighted by Crippen LogP contribution is 2.33. The minimum absolute atomic E-state index is 0.0494. The smallest absolute Gasteiger partial charge is 0.223 e.